The van der Waals surface area contributed by atoms with Gasteiger partial charge in [-0.3, -0.25) is 4.79 Å². The Morgan fingerprint density at radius 2 is 2.04 bits per heavy atom. The molecule has 0 spiro atoms. The Kier molecular flexibility index (Phi) is 4.29. The Bertz CT molecular complexity index is 826. The predicted molar refractivity (Wildman–Crippen MR) is 85.8 cm³/mol. The number of carbonyl (C=O) groups is 1. The number of hydrogen-bond acceptors (Lipinski definition) is 5. The van der Waals surface area contributed by atoms with Crippen molar-refractivity contribution in [3.8, 4) is 0 Å². The predicted octanol–water partition coefficient (Wildman–Crippen LogP) is 1.12. The molecule has 0 unspecified atom stereocenters. The van der Waals surface area contributed by atoms with E-state index in [0.29, 0.717) is 18.0 Å². The first kappa shape index (κ1) is 15.1. The number of carbonyl (C=O) groups excluding carboxylic acids is 1. The molecule has 3 aromatic rings. The summed E-state index contributed by atoms with van der Waals surface area (Å²) in [5.41, 5.74) is 2.68. The van der Waals surface area contributed by atoms with Gasteiger partial charge in [0, 0.05) is 19.3 Å². The summed E-state index contributed by atoms with van der Waals surface area (Å²) in [5.74, 6) is 0.201. The van der Waals surface area contributed by atoms with E-state index in [4.69, 9.17) is 0 Å². The summed E-state index contributed by atoms with van der Waals surface area (Å²) >= 11 is 0. The molecule has 0 fully saturated rings. The second-order valence-corrected chi connectivity index (χ2v) is 5.54. The van der Waals surface area contributed by atoms with Crippen molar-refractivity contribution in [2.24, 2.45) is 0 Å². The molecule has 0 radical (unpaired) electrons. The summed E-state index contributed by atoms with van der Waals surface area (Å²) in [5, 5.41) is 6.93. The molecule has 118 valence electrons. The molecular formula is C16H18N6O. The maximum atomic E-state index is 12.4. The van der Waals surface area contributed by atoms with Gasteiger partial charge in [-0.05, 0) is 31.3 Å². The summed E-state index contributed by atoms with van der Waals surface area (Å²) in [4.78, 5) is 22.5. The number of hydrogen-bond donors (Lipinski definition) is 1. The van der Waals surface area contributed by atoms with Crippen LogP contribution >= 0.6 is 0 Å². The lowest BCUT2D eigenvalue weighted by Crippen LogP contribution is -2.25. The number of benzene rings is 1. The molecular weight excluding hydrogens is 292 g/mol. The van der Waals surface area contributed by atoms with Crippen LogP contribution in [0, 0.1) is 0 Å². The molecule has 7 heteroatoms. The summed E-state index contributed by atoms with van der Waals surface area (Å²) in [6.07, 6.45) is 2.93. The maximum Gasteiger partial charge on any atom is 0.270 e. The molecule has 0 aliphatic rings. The van der Waals surface area contributed by atoms with Crippen LogP contribution in [0.15, 0.2) is 42.9 Å². The quantitative estimate of drug-likeness (QED) is 0.764. The van der Waals surface area contributed by atoms with E-state index < -0.39 is 0 Å². The SMILES string of the molecule is CN(C)Cc1cccc(CNC(=O)c2ccnc3ncnn23)c1. The van der Waals surface area contributed by atoms with Gasteiger partial charge in [-0.1, -0.05) is 24.3 Å². The fraction of sp³-hybridized carbons (Fsp3) is 0.250. The minimum Gasteiger partial charge on any atom is -0.347 e. The molecule has 7 nitrogen and oxygen atoms in total. The van der Waals surface area contributed by atoms with Crippen molar-refractivity contribution in [1.82, 2.24) is 29.8 Å². The highest BCUT2D eigenvalue weighted by molar-refractivity contribution is 5.92. The molecule has 0 saturated carbocycles. The molecule has 0 saturated heterocycles. The molecule has 0 aliphatic heterocycles. The Hall–Kier alpha value is -2.80. The maximum absolute atomic E-state index is 12.4. The largest absolute Gasteiger partial charge is 0.347 e. The van der Waals surface area contributed by atoms with Gasteiger partial charge < -0.3 is 10.2 Å². The smallest absolute Gasteiger partial charge is 0.270 e. The molecule has 0 bridgehead atoms. The van der Waals surface area contributed by atoms with Crippen molar-refractivity contribution in [3.63, 3.8) is 0 Å². The van der Waals surface area contributed by atoms with Crippen molar-refractivity contribution in [2.75, 3.05) is 14.1 Å². The zero-order valence-electron chi connectivity index (χ0n) is 13.1. The van der Waals surface area contributed by atoms with Crippen LogP contribution in [0.25, 0.3) is 5.78 Å². The molecule has 3 rings (SSSR count). The highest BCUT2D eigenvalue weighted by atomic mass is 16.2. The van der Waals surface area contributed by atoms with E-state index in [2.05, 4.69) is 37.4 Å². The molecule has 0 atom stereocenters. The highest BCUT2D eigenvalue weighted by Crippen LogP contribution is 2.08. The fourth-order valence-corrected chi connectivity index (χ4v) is 2.39. The summed E-state index contributed by atoms with van der Waals surface area (Å²) in [6.45, 7) is 1.32. The van der Waals surface area contributed by atoms with Crippen molar-refractivity contribution in [1.29, 1.82) is 0 Å². The number of nitrogens with zero attached hydrogens (tertiary/aromatic N) is 5. The van der Waals surface area contributed by atoms with Crippen LogP contribution in [0.2, 0.25) is 0 Å². The van der Waals surface area contributed by atoms with Gasteiger partial charge >= 0.3 is 0 Å². The van der Waals surface area contributed by atoms with Crippen LogP contribution in [0.1, 0.15) is 21.6 Å². The summed E-state index contributed by atoms with van der Waals surface area (Å²) in [7, 11) is 4.06. The van der Waals surface area contributed by atoms with Crippen LogP contribution in [0.3, 0.4) is 0 Å². The lowest BCUT2D eigenvalue weighted by Gasteiger charge is -2.11. The van der Waals surface area contributed by atoms with Gasteiger partial charge in [0.1, 0.15) is 12.0 Å². The molecule has 1 N–H and O–H groups in total. The number of nitrogens with one attached hydrogen (secondary N) is 1. The van der Waals surface area contributed by atoms with Crippen LogP contribution in [-0.4, -0.2) is 44.5 Å². The number of aromatic nitrogens is 4. The Labute approximate surface area is 134 Å². The molecule has 0 aliphatic carbocycles. The number of fused-ring (bicyclic) bond motifs is 1. The molecule has 1 aromatic carbocycles. The van der Waals surface area contributed by atoms with Crippen LogP contribution in [0.4, 0.5) is 0 Å². The van der Waals surface area contributed by atoms with E-state index in [-0.39, 0.29) is 5.91 Å². The zero-order valence-corrected chi connectivity index (χ0v) is 13.1. The average Bonchev–Trinajstić information content (AvgIpc) is 3.01. The monoisotopic (exact) mass is 310 g/mol. The van der Waals surface area contributed by atoms with Gasteiger partial charge in [0.25, 0.3) is 11.7 Å². The molecule has 2 aromatic heterocycles. The lowest BCUT2D eigenvalue weighted by molar-refractivity contribution is 0.0943. The van der Waals surface area contributed by atoms with Crippen molar-refractivity contribution in [2.45, 2.75) is 13.1 Å². The van der Waals surface area contributed by atoms with Crippen LogP contribution in [-0.2, 0) is 13.1 Å². The zero-order chi connectivity index (χ0) is 16.2. The van der Waals surface area contributed by atoms with Crippen molar-refractivity contribution >= 4 is 11.7 Å². The average molecular weight is 310 g/mol. The van der Waals surface area contributed by atoms with Gasteiger partial charge in [0.15, 0.2) is 0 Å². The van der Waals surface area contributed by atoms with Crippen LogP contribution in [0.5, 0.6) is 0 Å². The van der Waals surface area contributed by atoms with Gasteiger partial charge in [0.2, 0.25) is 0 Å². The fourth-order valence-electron chi connectivity index (χ4n) is 2.39. The van der Waals surface area contributed by atoms with Crippen molar-refractivity contribution in [3.05, 3.63) is 59.7 Å². The van der Waals surface area contributed by atoms with Gasteiger partial charge in [0.05, 0.1) is 0 Å². The number of amides is 1. The Balaban J connectivity index is 1.71. The third-order valence-corrected chi connectivity index (χ3v) is 3.36. The summed E-state index contributed by atoms with van der Waals surface area (Å²) in [6, 6.07) is 9.80. The van der Waals surface area contributed by atoms with Gasteiger partial charge in [-0.2, -0.15) is 14.6 Å². The van der Waals surface area contributed by atoms with E-state index in [1.807, 2.05) is 26.2 Å². The van der Waals surface area contributed by atoms with E-state index in [1.165, 1.54) is 16.4 Å². The Morgan fingerprint density at radius 1 is 1.22 bits per heavy atom. The highest BCUT2D eigenvalue weighted by Gasteiger charge is 2.11. The van der Waals surface area contributed by atoms with Gasteiger partial charge in [-0.15, -0.1) is 0 Å². The van der Waals surface area contributed by atoms with E-state index in [9.17, 15) is 4.79 Å². The topological polar surface area (TPSA) is 75.4 Å². The molecule has 2 heterocycles. The first-order valence-electron chi connectivity index (χ1n) is 7.29. The third-order valence-electron chi connectivity index (χ3n) is 3.36. The van der Waals surface area contributed by atoms with E-state index in [1.54, 1.807) is 12.3 Å². The first-order valence-corrected chi connectivity index (χ1v) is 7.29. The standard InChI is InChI=1S/C16H18N6O/c1-21(2)10-13-5-3-4-12(8-13)9-18-15(23)14-6-7-17-16-19-11-20-22(14)16/h3-8,11H,9-10H2,1-2H3,(H,18,23). The Morgan fingerprint density at radius 3 is 2.87 bits per heavy atom. The van der Waals surface area contributed by atoms with Crippen LogP contribution < -0.4 is 5.32 Å². The molecule has 1 amide bonds. The second kappa shape index (κ2) is 6.53. The minimum absolute atomic E-state index is 0.207. The minimum atomic E-state index is -0.207. The van der Waals surface area contributed by atoms with E-state index in [0.717, 1.165) is 12.1 Å². The number of rotatable bonds is 5. The summed E-state index contributed by atoms with van der Waals surface area (Å²) < 4.78 is 1.43. The molecule has 23 heavy (non-hydrogen) atoms. The first-order chi connectivity index (χ1) is 11.1. The second-order valence-electron chi connectivity index (χ2n) is 5.54. The van der Waals surface area contributed by atoms with E-state index >= 15 is 0 Å². The lowest BCUT2D eigenvalue weighted by atomic mass is 10.1. The third kappa shape index (κ3) is 3.51. The van der Waals surface area contributed by atoms with Crippen molar-refractivity contribution < 1.29 is 4.79 Å². The normalized spacial score (nSPS) is 11.1. The van der Waals surface area contributed by atoms with Gasteiger partial charge in [-0.25, -0.2) is 4.98 Å².